The second-order valence-electron chi connectivity index (χ2n) is 5.28. The minimum absolute atomic E-state index is 0.440. The van der Waals surface area contributed by atoms with Gasteiger partial charge in [0.15, 0.2) is 5.65 Å². The number of rotatable bonds is 2. The minimum atomic E-state index is -0.440. The van der Waals surface area contributed by atoms with Crippen LogP contribution in [0, 0.1) is 20.8 Å². The molecule has 0 saturated heterocycles. The quantitative estimate of drug-likeness (QED) is 0.783. The van der Waals surface area contributed by atoms with Crippen molar-refractivity contribution >= 4 is 11.6 Å². The van der Waals surface area contributed by atoms with Crippen molar-refractivity contribution in [1.29, 1.82) is 0 Å². The summed E-state index contributed by atoms with van der Waals surface area (Å²) in [6.45, 7) is 5.85. The normalized spacial score (nSPS) is 11.0. The molecule has 0 aliphatic heterocycles. The van der Waals surface area contributed by atoms with E-state index in [2.05, 4.69) is 4.98 Å². The Labute approximate surface area is 123 Å². The summed E-state index contributed by atoms with van der Waals surface area (Å²) in [5.41, 5.74) is 11.5. The van der Waals surface area contributed by atoms with Crippen molar-refractivity contribution in [3.8, 4) is 11.3 Å². The standard InChI is InChI=1S/C17H17N3O/c1-10-9-11(2)20-15(13-7-5-4-6-8-13)12(3)14(16(18)21)17(20)19-10/h4-9H,1-3H3,(H2,18,21). The van der Waals surface area contributed by atoms with Gasteiger partial charge in [-0.2, -0.15) is 0 Å². The van der Waals surface area contributed by atoms with Crippen LogP contribution in [0.25, 0.3) is 16.9 Å². The fourth-order valence-corrected chi connectivity index (χ4v) is 2.92. The van der Waals surface area contributed by atoms with Crippen LogP contribution >= 0.6 is 0 Å². The average Bonchev–Trinajstić information content (AvgIpc) is 2.72. The highest BCUT2D eigenvalue weighted by Gasteiger charge is 2.22. The Balaban J connectivity index is 2.51. The van der Waals surface area contributed by atoms with Crippen LogP contribution in [0.4, 0.5) is 0 Å². The van der Waals surface area contributed by atoms with E-state index in [-0.39, 0.29) is 0 Å². The van der Waals surface area contributed by atoms with Crippen LogP contribution < -0.4 is 5.73 Å². The summed E-state index contributed by atoms with van der Waals surface area (Å²) in [5.74, 6) is -0.440. The van der Waals surface area contributed by atoms with Crippen LogP contribution in [-0.4, -0.2) is 15.3 Å². The summed E-state index contributed by atoms with van der Waals surface area (Å²) in [5, 5.41) is 0. The van der Waals surface area contributed by atoms with E-state index in [1.807, 2.05) is 61.6 Å². The van der Waals surface area contributed by atoms with E-state index in [1.165, 1.54) is 0 Å². The molecule has 0 fully saturated rings. The third-order valence-corrected chi connectivity index (χ3v) is 3.74. The van der Waals surface area contributed by atoms with E-state index >= 15 is 0 Å². The lowest BCUT2D eigenvalue weighted by molar-refractivity contribution is 0.100. The smallest absolute Gasteiger partial charge is 0.252 e. The van der Waals surface area contributed by atoms with Crippen molar-refractivity contribution in [2.75, 3.05) is 0 Å². The molecule has 0 radical (unpaired) electrons. The lowest BCUT2D eigenvalue weighted by Crippen LogP contribution is -2.12. The monoisotopic (exact) mass is 279 g/mol. The molecular formula is C17H17N3O. The molecule has 0 unspecified atom stereocenters. The van der Waals surface area contributed by atoms with Gasteiger partial charge in [0.1, 0.15) is 0 Å². The zero-order valence-corrected chi connectivity index (χ0v) is 12.3. The molecule has 0 atom stereocenters. The van der Waals surface area contributed by atoms with Crippen LogP contribution in [0.3, 0.4) is 0 Å². The van der Waals surface area contributed by atoms with E-state index < -0.39 is 5.91 Å². The predicted molar refractivity (Wildman–Crippen MR) is 83.4 cm³/mol. The zero-order valence-electron chi connectivity index (χ0n) is 12.3. The Morgan fingerprint density at radius 1 is 1.14 bits per heavy atom. The Morgan fingerprint density at radius 2 is 1.81 bits per heavy atom. The molecule has 0 aliphatic rings. The third-order valence-electron chi connectivity index (χ3n) is 3.74. The third kappa shape index (κ3) is 2.00. The van der Waals surface area contributed by atoms with Gasteiger partial charge in [-0.05, 0) is 38.0 Å². The summed E-state index contributed by atoms with van der Waals surface area (Å²) in [6, 6.07) is 12.0. The molecule has 4 heteroatoms. The number of carbonyl (C=O) groups is 1. The van der Waals surface area contributed by atoms with E-state index in [9.17, 15) is 4.79 Å². The van der Waals surface area contributed by atoms with Gasteiger partial charge >= 0.3 is 0 Å². The van der Waals surface area contributed by atoms with Gasteiger partial charge in [0.05, 0.1) is 11.3 Å². The van der Waals surface area contributed by atoms with E-state index in [4.69, 9.17) is 5.73 Å². The van der Waals surface area contributed by atoms with Crippen molar-refractivity contribution in [2.45, 2.75) is 20.8 Å². The van der Waals surface area contributed by atoms with Crippen molar-refractivity contribution in [3.05, 3.63) is 58.9 Å². The Kier molecular flexibility index (Phi) is 3.01. The summed E-state index contributed by atoms with van der Waals surface area (Å²) in [4.78, 5) is 16.4. The molecule has 4 nitrogen and oxygen atoms in total. The van der Waals surface area contributed by atoms with Crippen molar-refractivity contribution < 1.29 is 4.79 Å². The zero-order chi connectivity index (χ0) is 15.1. The minimum Gasteiger partial charge on any atom is -0.365 e. The molecule has 0 aliphatic carbocycles. The summed E-state index contributed by atoms with van der Waals surface area (Å²) in [6.07, 6.45) is 0. The summed E-state index contributed by atoms with van der Waals surface area (Å²) >= 11 is 0. The number of carbonyl (C=O) groups excluding carboxylic acids is 1. The number of aromatic nitrogens is 2. The first-order chi connectivity index (χ1) is 10.0. The van der Waals surface area contributed by atoms with Crippen LogP contribution in [0.1, 0.15) is 27.3 Å². The number of nitrogens with two attached hydrogens (primary N) is 1. The first-order valence-electron chi connectivity index (χ1n) is 6.85. The molecule has 3 rings (SSSR count). The molecule has 21 heavy (non-hydrogen) atoms. The van der Waals surface area contributed by atoms with Crippen LogP contribution in [0.5, 0.6) is 0 Å². The fourth-order valence-electron chi connectivity index (χ4n) is 2.92. The highest BCUT2D eigenvalue weighted by molar-refractivity contribution is 6.03. The predicted octanol–water partition coefficient (Wildman–Crippen LogP) is 3.03. The maximum Gasteiger partial charge on any atom is 0.252 e. The molecule has 106 valence electrons. The maximum atomic E-state index is 11.9. The number of fused-ring (bicyclic) bond motifs is 1. The fraction of sp³-hybridized carbons (Fsp3) is 0.176. The molecule has 1 aromatic carbocycles. The van der Waals surface area contributed by atoms with Gasteiger partial charge in [0.2, 0.25) is 0 Å². The van der Waals surface area contributed by atoms with Gasteiger partial charge < -0.3 is 5.73 Å². The molecule has 0 spiro atoms. The molecular weight excluding hydrogens is 262 g/mol. The number of hydrogen-bond acceptors (Lipinski definition) is 2. The summed E-state index contributed by atoms with van der Waals surface area (Å²) < 4.78 is 2.01. The van der Waals surface area contributed by atoms with Crippen molar-refractivity contribution in [1.82, 2.24) is 9.38 Å². The SMILES string of the molecule is Cc1cc(C)n2c(-c3ccccc3)c(C)c(C(N)=O)c2n1. The van der Waals surface area contributed by atoms with Crippen LogP contribution in [0.2, 0.25) is 0 Å². The highest BCUT2D eigenvalue weighted by Crippen LogP contribution is 2.31. The van der Waals surface area contributed by atoms with Crippen LogP contribution in [-0.2, 0) is 0 Å². The number of aryl methyl sites for hydroxylation is 2. The van der Waals surface area contributed by atoms with E-state index in [1.54, 1.807) is 0 Å². The Hall–Kier alpha value is -2.62. The van der Waals surface area contributed by atoms with Gasteiger partial charge in [0.25, 0.3) is 5.91 Å². The number of hydrogen-bond donors (Lipinski definition) is 1. The molecule has 1 amide bonds. The van der Waals surface area contributed by atoms with E-state index in [0.29, 0.717) is 11.2 Å². The van der Waals surface area contributed by atoms with Crippen LogP contribution in [0.15, 0.2) is 36.4 Å². The average molecular weight is 279 g/mol. The number of benzene rings is 1. The largest absolute Gasteiger partial charge is 0.365 e. The molecule has 0 saturated carbocycles. The lowest BCUT2D eigenvalue weighted by Gasteiger charge is -2.08. The second-order valence-corrected chi connectivity index (χ2v) is 5.28. The van der Waals surface area contributed by atoms with E-state index in [0.717, 1.165) is 28.2 Å². The van der Waals surface area contributed by atoms with Crippen molar-refractivity contribution in [2.24, 2.45) is 5.73 Å². The number of amides is 1. The number of nitrogens with zero attached hydrogens (tertiary/aromatic N) is 2. The van der Waals surface area contributed by atoms with Gasteiger partial charge in [-0.1, -0.05) is 30.3 Å². The van der Waals surface area contributed by atoms with Gasteiger partial charge in [-0.25, -0.2) is 4.98 Å². The molecule has 3 aromatic rings. The van der Waals surface area contributed by atoms with Crippen molar-refractivity contribution in [3.63, 3.8) is 0 Å². The molecule has 2 aromatic heterocycles. The number of primary amides is 1. The Morgan fingerprint density at radius 3 is 2.43 bits per heavy atom. The highest BCUT2D eigenvalue weighted by atomic mass is 16.1. The van der Waals surface area contributed by atoms with Gasteiger partial charge in [-0.3, -0.25) is 9.20 Å². The van der Waals surface area contributed by atoms with Gasteiger partial charge in [-0.15, -0.1) is 0 Å². The second kappa shape index (κ2) is 4.74. The summed E-state index contributed by atoms with van der Waals surface area (Å²) in [7, 11) is 0. The topological polar surface area (TPSA) is 60.4 Å². The van der Waals surface area contributed by atoms with Gasteiger partial charge in [0, 0.05) is 11.4 Å². The first kappa shape index (κ1) is 13.4. The molecule has 0 bridgehead atoms. The maximum absolute atomic E-state index is 11.9. The molecule has 2 N–H and O–H groups in total. The first-order valence-corrected chi connectivity index (χ1v) is 6.85. The Bertz CT molecular complexity index is 848. The lowest BCUT2D eigenvalue weighted by atomic mass is 10.1. The molecule has 2 heterocycles.